The minimum Gasteiger partial charge on any atom is -0.360 e. The largest absolute Gasteiger partial charge is 0.360 e. The van der Waals surface area contributed by atoms with E-state index < -0.39 is 6.92 Å². The average molecular weight is 246 g/mol. The summed E-state index contributed by atoms with van der Waals surface area (Å²) in [6.07, 6.45) is 0.829. The Morgan fingerprint density at radius 3 is 2.42 bits per heavy atom. The van der Waals surface area contributed by atoms with Crippen molar-refractivity contribution in [2.45, 2.75) is 24.9 Å². The van der Waals surface area contributed by atoms with Crippen LogP contribution in [0.3, 0.4) is 0 Å². The lowest BCUT2D eigenvalue weighted by Gasteiger charge is -2.29. The molecule has 74 valence electrons. The fourth-order valence-electron chi connectivity index (χ4n) is 0.752. The SMILES string of the molecule is CCO[PH](=S)C(CC)(OC)SS. The first-order chi connectivity index (χ1) is 5.66. The summed E-state index contributed by atoms with van der Waals surface area (Å²) in [5.74, 6) is 0. The molecule has 0 aromatic rings. The third-order valence-corrected chi connectivity index (χ3v) is 8.00. The lowest BCUT2D eigenvalue weighted by Crippen LogP contribution is -2.20. The number of methoxy groups -OCH3 is 1. The summed E-state index contributed by atoms with van der Waals surface area (Å²) in [6, 6.07) is 0. The van der Waals surface area contributed by atoms with Crippen LogP contribution < -0.4 is 0 Å². The van der Waals surface area contributed by atoms with Gasteiger partial charge in [0.25, 0.3) is 0 Å². The van der Waals surface area contributed by atoms with Gasteiger partial charge in [-0.15, -0.1) is 11.7 Å². The van der Waals surface area contributed by atoms with Crippen molar-refractivity contribution in [1.82, 2.24) is 0 Å². The Labute approximate surface area is 89.1 Å². The maximum Gasteiger partial charge on any atom is 0.170 e. The molecule has 0 N–H and O–H groups in total. The van der Waals surface area contributed by atoms with E-state index in [9.17, 15) is 0 Å². The highest BCUT2D eigenvalue weighted by Gasteiger charge is 2.32. The number of thiol groups is 1. The topological polar surface area (TPSA) is 18.5 Å². The van der Waals surface area contributed by atoms with E-state index in [2.05, 4.69) is 11.7 Å². The minimum atomic E-state index is -1.34. The highest BCUT2D eigenvalue weighted by molar-refractivity contribution is 8.70. The molecule has 0 aromatic heterocycles. The molecule has 0 bridgehead atoms. The fraction of sp³-hybridized carbons (Fsp3) is 1.00. The molecule has 0 spiro atoms. The first-order valence-corrected chi connectivity index (χ1v) is 8.12. The van der Waals surface area contributed by atoms with E-state index in [1.807, 2.05) is 13.8 Å². The second-order valence-electron chi connectivity index (χ2n) is 2.12. The number of ether oxygens (including phenoxy) is 1. The van der Waals surface area contributed by atoms with Crippen molar-refractivity contribution in [2.75, 3.05) is 13.7 Å². The lowest BCUT2D eigenvalue weighted by atomic mass is 10.5. The van der Waals surface area contributed by atoms with Gasteiger partial charge in [0.2, 0.25) is 0 Å². The van der Waals surface area contributed by atoms with Crippen molar-refractivity contribution < 1.29 is 9.26 Å². The van der Waals surface area contributed by atoms with Crippen molar-refractivity contribution in [3.63, 3.8) is 0 Å². The molecule has 0 fully saturated rings. The predicted molar refractivity (Wildman–Crippen MR) is 63.9 cm³/mol. The Morgan fingerprint density at radius 1 is 1.58 bits per heavy atom. The van der Waals surface area contributed by atoms with Gasteiger partial charge in [0.15, 0.2) is 4.67 Å². The Balaban J connectivity index is 4.36. The number of rotatable bonds is 6. The van der Waals surface area contributed by atoms with Crippen LogP contribution in [0.4, 0.5) is 0 Å². The van der Waals surface area contributed by atoms with Crippen LogP contribution >= 0.6 is 29.4 Å². The molecular formula is C6H15O2PS3. The van der Waals surface area contributed by atoms with Crippen molar-refractivity contribution in [3.8, 4) is 0 Å². The van der Waals surface area contributed by atoms with E-state index in [0.717, 1.165) is 6.42 Å². The monoisotopic (exact) mass is 246 g/mol. The summed E-state index contributed by atoms with van der Waals surface area (Å²) in [6.45, 7) is 3.28. The highest BCUT2D eigenvalue weighted by Crippen LogP contribution is 2.52. The molecule has 0 aromatic carbocycles. The number of hydrogen-bond donors (Lipinski definition) is 1. The highest BCUT2D eigenvalue weighted by atomic mass is 33.1. The van der Waals surface area contributed by atoms with Crippen molar-refractivity contribution in [2.24, 2.45) is 0 Å². The molecule has 0 aliphatic heterocycles. The van der Waals surface area contributed by atoms with E-state index in [4.69, 9.17) is 21.1 Å². The van der Waals surface area contributed by atoms with E-state index in [-0.39, 0.29) is 4.67 Å². The zero-order chi connectivity index (χ0) is 9.61. The summed E-state index contributed by atoms with van der Waals surface area (Å²) in [5, 5.41) is 0. The maximum atomic E-state index is 5.40. The molecule has 0 aliphatic rings. The molecule has 0 heterocycles. The normalized spacial score (nSPS) is 18.7. The van der Waals surface area contributed by atoms with Crippen LogP contribution in [0.2, 0.25) is 0 Å². The Kier molecular flexibility index (Phi) is 7.39. The molecule has 0 aliphatic carbocycles. The summed E-state index contributed by atoms with van der Waals surface area (Å²) in [5.41, 5.74) is 0. The quantitative estimate of drug-likeness (QED) is 0.336. The molecule has 6 heteroatoms. The third-order valence-electron chi connectivity index (χ3n) is 1.53. The molecule has 2 atom stereocenters. The van der Waals surface area contributed by atoms with Crippen molar-refractivity contribution in [3.05, 3.63) is 0 Å². The molecule has 0 radical (unpaired) electrons. The maximum absolute atomic E-state index is 5.40. The van der Waals surface area contributed by atoms with Gasteiger partial charge in [-0.05, 0) is 13.3 Å². The van der Waals surface area contributed by atoms with Gasteiger partial charge in [-0.1, -0.05) is 29.5 Å². The van der Waals surface area contributed by atoms with Crippen LogP contribution in [0.5, 0.6) is 0 Å². The summed E-state index contributed by atoms with van der Waals surface area (Å²) < 4.78 is 10.4. The Hall–Kier alpha value is 1.27. The van der Waals surface area contributed by atoms with Crippen LogP contribution in [0, 0.1) is 0 Å². The second kappa shape index (κ2) is 6.68. The van der Waals surface area contributed by atoms with Crippen LogP contribution in [0.15, 0.2) is 0 Å². The van der Waals surface area contributed by atoms with E-state index >= 15 is 0 Å². The van der Waals surface area contributed by atoms with Crippen LogP contribution in [0.25, 0.3) is 0 Å². The fourth-order valence-corrected chi connectivity index (χ4v) is 5.69. The zero-order valence-electron chi connectivity index (χ0n) is 7.49. The minimum absolute atomic E-state index is 0.390. The Bertz CT molecular complexity index is 141. The lowest BCUT2D eigenvalue weighted by molar-refractivity contribution is 0.130. The van der Waals surface area contributed by atoms with E-state index in [0.29, 0.717) is 6.61 Å². The van der Waals surface area contributed by atoms with Gasteiger partial charge in [-0.3, -0.25) is 0 Å². The molecule has 0 rings (SSSR count). The summed E-state index contributed by atoms with van der Waals surface area (Å²) >= 11 is 9.42. The molecule has 0 amide bonds. The van der Waals surface area contributed by atoms with Gasteiger partial charge in [0.1, 0.15) is 0 Å². The molecule has 0 saturated carbocycles. The van der Waals surface area contributed by atoms with E-state index in [1.165, 1.54) is 10.8 Å². The third kappa shape index (κ3) is 3.20. The van der Waals surface area contributed by atoms with Gasteiger partial charge in [-0.2, -0.15) is 0 Å². The standard InChI is InChI=1S/C6H15O2PS3/c1-4-6(7-3,12-11)9(10)8-5-2/h9,11H,4-5H2,1-3H3. The van der Waals surface area contributed by atoms with Gasteiger partial charge in [0, 0.05) is 13.7 Å². The average Bonchev–Trinajstić information content (AvgIpc) is 2.09. The summed E-state index contributed by atoms with van der Waals surface area (Å²) in [7, 11) is 3.01. The smallest absolute Gasteiger partial charge is 0.170 e. The first-order valence-electron chi connectivity index (χ1n) is 3.71. The predicted octanol–water partition coefficient (Wildman–Crippen LogP) is 2.90. The van der Waals surface area contributed by atoms with Gasteiger partial charge < -0.3 is 9.26 Å². The molecule has 2 nitrogen and oxygen atoms in total. The Morgan fingerprint density at radius 2 is 2.17 bits per heavy atom. The molecule has 12 heavy (non-hydrogen) atoms. The number of hydrogen-bond acceptors (Lipinski definition) is 5. The second-order valence-corrected chi connectivity index (χ2v) is 6.66. The van der Waals surface area contributed by atoms with Gasteiger partial charge in [-0.25, -0.2) is 0 Å². The molecule has 0 saturated heterocycles. The van der Waals surface area contributed by atoms with Crippen molar-refractivity contribution >= 4 is 41.2 Å². The first kappa shape index (κ1) is 13.3. The van der Waals surface area contributed by atoms with Crippen LogP contribution in [-0.4, -0.2) is 18.4 Å². The van der Waals surface area contributed by atoms with Gasteiger partial charge >= 0.3 is 0 Å². The summed E-state index contributed by atoms with van der Waals surface area (Å²) in [4.78, 5) is 0. The van der Waals surface area contributed by atoms with Crippen LogP contribution in [0.1, 0.15) is 20.3 Å². The molecule has 2 unspecified atom stereocenters. The van der Waals surface area contributed by atoms with Gasteiger partial charge in [0.05, 0.1) is 6.92 Å². The van der Waals surface area contributed by atoms with E-state index in [1.54, 1.807) is 7.11 Å². The van der Waals surface area contributed by atoms with Crippen molar-refractivity contribution in [1.29, 1.82) is 0 Å². The zero-order valence-corrected chi connectivity index (χ0v) is 11.0. The molecular weight excluding hydrogens is 231 g/mol. The van der Waals surface area contributed by atoms with Crippen LogP contribution in [-0.2, 0) is 21.1 Å².